The lowest BCUT2D eigenvalue weighted by molar-refractivity contribution is -0.136. The van der Waals surface area contributed by atoms with Crippen LogP contribution in [0.4, 0.5) is 4.39 Å². The van der Waals surface area contributed by atoms with Crippen molar-refractivity contribution in [2.24, 2.45) is 5.92 Å². The van der Waals surface area contributed by atoms with Crippen LogP contribution in [0.25, 0.3) is 11.3 Å². The predicted octanol–water partition coefficient (Wildman–Crippen LogP) is 2.77. The zero-order valence-electron chi connectivity index (χ0n) is 20.7. The lowest BCUT2D eigenvalue weighted by atomic mass is 9.76. The van der Waals surface area contributed by atoms with Gasteiger partial charge in [-0.25, -0.2) is 4.39 Å². The molecule has 1 aliphatic carbocycles. The molecule has 194 valence electrons. The first-order chi connectivity index (χ1) is 17.9. The molecule has 1 unspecified atom stereocenters. The summed E-state index contributed by atoms with van der Waals surface area (Å²) in [5, 5.41) is 13.0. The number of piperidine rings is 2. The summed E-state index contributed by atoms with van der Waals surface area (Å²) in [6.45, 7) is 1.49. The van der Waals surface area contributed by atoms with Crippen LogP contribution in [-0.4, -0.2) is 62.3 Å². The highest BCUT2D eigenvalue weighted by molar-refractivity contribution is 6.05. The minimum absolute atomic E-state index is 0.0720. The number of nitrogens with one attached hydrogen (secondary N) is 1. The first-order valence-electron chi connectivity index (χ1n) is 13.2. The highest BCUT2D eigenvalue weighted by Crippen LogP contribution is 2.37. The van der Waals surface area contributed by atoms with E-state index in [4.69, 9.17) is 0 Å². The Morgan fingerprint density at radius 2 is 1.92 bits per heavy atom. The van der Waals surface area contributed by atoms with Gasteiger partial charge in [0.2, 0.25) is 11.8 Å². The summed E-state index contributed by atoms with van der Waals surface area (Å²) in [6.07, 6.45) is 6.86. The van der Waals surface area contributed by atoms with Crippen molar-refractivity contribution in [3.8, 4) is 11.3 Å². The van der Waals surface area contributed by atoms with E-state index in [1.165, 1.54) is 4.90 Å². The average Bonchev–Trinajstić information content (AvgIpc) is 3.21. The number of fused-ring (bicyclic) bond motifs is 2. The molecule has 1 saturated carbocycles. The zero-order valence-corrected chi connectivity index (χ0v) is 20.7. The van der Waals surface area contributed by atoms with E-state index in [2.05, 4.69) is 15.2 Å². The van der Waals surface area contributed by atoms with Crippen LogP contribution in [0.3, 0.4) is 0 Å². The molecule has 37 heavy (non-hydrogen) atoms. The van der Waals surface area contributed by atoms with Crippen LogP contribution < -0.4 is 5.32 Å². The van der Waals surface area contributed by atoms with Gasteiger partial charge in [0, 0.05) is 48.4 Å². The minimum Gasteiger partial charge on any atom is -0.391 e. The summed E-state index contributed by atoms with van der Waals surface area (Å²) in [6, 6.07) is 6.22. The molecular weight excluding hydrogens is 475 g/mol. The third-order valence-electron chi connectivity index (χ3n) is 8.53. The number of rotatable bonds is 4. The minimum atomic E-state index is -0.692. The van der Waals surface area contributed by atoms with Gasteiger partial charge in [0.1, 0.15) is 11.7 Å². The second kappa shape index (κ2) is 9.61. The summed E-state index contributed by atoms with van der Waals surface area (Å²) >= 11 is 0. The number of aliphatic hydroxyl groups is 1. The number of nitrogens with zero attached hydrogens (tertiary/aromatic N) is 3. The number of amides is 3. The van der Waals surface area contributed by atoms with Gasteiger partial charge >= 0.3 is 0 Å². The second-order valence-electron chi connectivity index (χ2n) is 10.8. The molecule has 3 aliphatic heterocycles. The van der Waals surface area contributed by atoms with E-state index in [-0.39, 0.29) is 48.4 Å². The highest BCUT2D eigenvalue weighted by atomic mass is 19.1. The Balaban J connectivity index is 1.24. The van der Waals surface area contributed by atoms with Gasteiger partial charge in [-0.3, -0.25) is 29.6 Å². The fourth-order valence-electron chi connectivity index (χ4n) is 6.74. The number of likely N-dealkylation sites (tertiary alicyclic amines) is 1. The van der Waals surface area contributed by atoms with Crippen LogP contribution in [0.5, 0.6) is 0 Å². The molecule has 3 fully saturated rings. The van der Waals surface area contributed by atoms with Gasteiger partial charge in [0.05, 0.1) is 6.10 Å². The number of hydrogen-bond acceptors (Lipinski definition) is 6. The Morgan fingerprint density at radius 1 is 1.08 bits per heavy atom. The topological polar surface area (TPSA) is 103 Å². The van der Waals surface area contributed by atoms with Gasteiger partial charge < -0.3 is 10.0 Å². The van der Waals surface area contributed by atoms with Crippen LogP contribution in [0, 0.1) is 11.7 Å². The van der Waals surface area contributed by atoms with Gasteiger partial charge in [0.25, 0.3) is 5.91 Å². The van der Waals surface area contributed by atoms with E-state index >= 15 is 4.39 Å². The molecule has 4 heterocycles. The number of pyridine rings is 1. The molecule has 0 radical (unpaired) electrons. The molecular formula is C28H31FN4O4. The number of carbonyl (C=O) groups is 3. The third kappa shape index (κ3) is 4.34. The number of imide groups is 1. The van der Waals surface area contributed by atoms with Crippen molar-refractivity contribution in [3.05, 3.63) is 53.0 Å². The van der Waals surface area contributed by atoms with Crippen LogP contribution >= 0.6 is 0 Å². The summed E-state index contributed by atoms with van der Waals surface area (Å²) in [5.41, 5.74) is 2.54. The summed E-state index contributed by atoms with van der Waals surface area (Å²) in [5.74, 6) is -0.971. The normalized spacial score (nSPS) is 28.2. The summed E-state index contributed by atoms with van der Waals surface area (Å²) in [7, 11) is 0. The maximum atomic E-state index is 15.8. The number of aliphatic hydroxyl groups excluding tert-OH is 1. The van der Waals surface area contributed by atoms with Crippen molar-refractivity contribution >= 4 is 17.7 Å². The smallest absolute Gasteiger partial charge is 0.255 e. The molecule has 2 saturated heterocycles. The summed E-state index contributed by atoms with van der Waals surface area (Å²) in [4.78, 5) is 44.9. The lowest BCUT2D eigenvalue weighted by Crippen LogP contribution is -2.53. The fourth-order valence-corrected chi connectivity index (χ4v) is 6.74. The second-order valence-corrected chi connectivity index (χ2v) is 10.8. The Hall–Kier alpha value is -3.17. The van der Waals surface area contributed by atoms with E-state index in [0.29, 0.717) is 41.1 Å². The molecule has 3 amide bonds. The Morgan fingerprint density at radius 3 is 2.76 bits per heavy atom. The number of hydrogen-bond donors (Lipinski definition) is 2. The quantitative estimate of drug-likeness (QED) is 0.619. The van der Waals surface area contributed by atoms with Crippen molar-refractivity contribution < 1.29 is 23.9 Å². The maximum Gasteiger partial charge on any atom is 0.255 e. The average molecular weight is 507 g/mol. The third-order valence-corrected chi connectivity index (χ3v) is 8.53. The van der Waals surface area contributed by atoms with Crippen molar-refractivity contribution in [2.45, 2.75) is 76.2 Å². The predicted molar refractivity (Wildman–Crippen MR) is 132 cm³/mol. The Bertz CT molecular complexity index is 1260. The standard InChI is InChI=1S/C28H31FN4O4/c29-24-18(14-32-12-2-4-16-3-1-5-22(34)26(16)32)10-11-30-25(24)17-6-7-20-19(13-17)15-33(28(20)37)21-8-9-23(35)31-27(21)36/h6-7,10-11,13,16,21-22,26,34H,1-5,8-9,12,14-15H2,(H,31,35,36)/t16-,21?,22-,26-/m1/s1. The van der Waals surface area contributed by atoms with Crippen molar-refractivity contribution in [3.63, 3.8) is 0 Å². The van der Waals surface area contributed by atoms with Crippen molar-refractivity contribution in [1.29, 1.82) is 0 Å². The number of aromatic nitrogens is 1. The number of carbonyl (C=O) groups excluding carboxylic acids is 3. The molecule has 6 rings (SSSR count). The fraction of sp³-hybridized carbons (Fsp3) is 0.500. The van der Waals surface area contributed by atoms with E-state index in [0.717, 1.165) is 38.6 Å². The van der Waals surface area contributed by atoms with Crippen LogP contribution in [0.2, 0.25) is 0 Å². The van der Waals surface area contributed by atoms with E-state index in [1.807, 2.05) is 0 Å². The van der Waals surface area contributed by atoms with Crippen LogP contribution in [0.1, 0.15) is 66.4 Å². The van der Waals surface area contributed by atoms with Gasteiger partial charge in [0.15, 0.2) is 5.82 Å². The van der Waals surface area contributed by atoms with Crippen LogP contribution in [-0.2, 0) is 22.7 Å². The van der Waals surface area contributed by atoms with E-state index < -0.39 is 11.9 Å². The first-order valence-corrected chi connectivity index (χ1v) is 13.2. The molecule has 2 aromatic rings. The molecule has 0 bridgehead atoms. The molecule has 4 aliphatic rings. The number of benzene rings is 1. The Kier molecular flexibility index (Phi) is 6.28. The molecule has 9 heteroatoms. The monoisotopic (exact) mass is 506 g/mol. The lowest BCUT2D eigenvalue weighted by Gasteiger charge is -2.46. The van der Waals surface area contributed by atoms with Gasteiger partial charge in [-0.05, 0) is 68.3 Å². The van der Waals surface area contributed by atoms with E-state index in [1.54, 1.807) is 30.5 Å². The summed E-state index contributed by atoms with van der Waals surface area (Å²) < 4.78 is 15.8. The molecule has 2 N–H and O–H groups in total. The molecule has 1 aromatic carbocycles. The molecule has 4 atom stereocenters. The first kappa shape index (κ1) is 24.2. The molecule has 1 aromatic heterocycles. The van der Waals surface area contributed by atoms with Crippen molar-refractivity contribution in [1.82, 2.24) is 20.1 Å². The van der Waals surface area contributed by atoms with Gasteiger partial charge in [-0.2, -0.15) is 0 Å². The largest absolute Gasteiger partial charge is 0.391 e. The number of halogens is 1. The Labute approximate surface area is 214 Å². The van der Waals surface area contributed by atoms with Gasteiger partial charge in [-0.1, -0.05) is 12.5 Å². The van der Waals surface area contributed by atoms with Crippen LogP contribution in [0.15, 0.2) is 30.5 Å². The molecule has 0 spiro atoms. The molecule has 8 nitrogen and oxygen atoms in total. The maximum absolute atomic E-state index is 15.8. The van der Waals surface area contributed by atoms with Crippen molar-refractivity contribution in [2.75, 3.05) is 6.54 Å². The van der Waals surface area contributed by atoms with Gasteiger partial charge in [-0.15, -0.1) is 0 Å². The SMILES string of the molecule is O=C1CCC(N2Cc3cc(-c4nccc(CN5CCC[C@H]6CCC[C@@H](O)[C@@H]65)c4F)ccc3C2=O)C(=O)N1. The highest BCUT2D eigenvalue weighted by Gasteiger charge is 2.40. The van der Waals surface area contributed by atoms with E-state index in [9.17, 15) is 19.5 Å². The zero-order chi connectivity index (χ0) is 25.7.